The van der Waals surface area contributed by atoms with E-state index >= 15 is 0 Å². The average Bonchev–Trinajstić information content (AvgIpc) is 3.41. The Balaban J connectivity index is 1.29. The summed E-state index contributed by atoms with van der Waals surface area (Å²) in [5.41, 5.74) is 4.65. The number of carbonyl (C=O) groups is 3. The zero-order valence-corrected chi connectivity index (χ0v) is 27.5. The van der Waals surface area contributed by atoms with Gasteiger partial charge in [0.1, 0.15) is 6.42 Å². The van der Waals surface area contributed by atoms with Crippen LogP contribution in [0.5, 0.6) is 0 Å². The first-order valence-electron chi connectivity index (χ1n) is 16.4. The first-order valence-corrected chi connectivity index (χ1v) is 16.4. The molecule has 3 N–H and O–H groups in total. The molecule has 1 fully saturated rings. The molecule has 2 aliphatic heterocycles. The smallest absolute Gasteiger partial charge is 0.309 e. The summed E-state index contributed by atoms with van der Waals surface area (Å²) < 4.78 is 1.98. The van der Waals surface area contributed by atoms with Crippen LogP contribution in [0.15, 0.2) is 96.2 Å². The summed E-state index contributed by atoms with van der Waals surface area (Å²) in [4.78, 5) is 39.3. The number of benzene rings is 4. The van der Waals surface area contributed by atoms with Gasteiger partial charge in [-0.1, -0.05) is 74.5 Å². The van der Waals surface area contributed by atoms with Gasteiger partial charge in [0, 0.05) is 46.6 Å². The molecule has 8 nitrogen and oxygen atoms in total. The molecule has 0 saturated heterocycles. The number of aliphatic hydroxyl groups is 1. The first kappa shape index (κ1) is 31.5. The van der Waals surface area contributed by atoms with E-state index in [4.69, 9.17) is 0 Å². The van der Waals surface area contributed by atoms with E-state index in [1.165, 1.54) is 0 Å². The molecule has 2 heterocycles. The van der Waals surface area contributed by atoms with Gasteiger partial charge < -0.3 is 20.2 Å². The maximum absolute atomic E-state index is 14.0. The zero-order chi connectivity index (χ0) is 34.1. The predicted molar refractivity (Wildman–Crippen MR) is 186 cm³/mol. The van der Waals surface area contributed by atoms with Gasteiger partial charge in [-0.2, -0.15) is 4.58 Å². The van der Waals surface area contributed by atoms with Crippen molar-refractivity contribution in [1.82, 2.24) is 0 Å². The number of hydrogen-bond donors (Lipinski definition) is 3. The highest BCUT2D eigenvalue weighted by Gasteiger charge is 2.51. The van der Waals surface area contributed by atoms with Crippen molar-refractivity contribution < 1.29 is 34.3 Å². The van der Waals surface area contributed by atoms with Gasteiger partial charge in [-0.25, -0.2) is 0 Å². The lowest BCUT2D eigenvalue weighted by molar-refractivity contribution is -0.436. The van der Waals surface area contributed by atoms with Crippen LogP contribution >= 0.6 is 0 Å². The number of carboxylic acids is 2. The molecule has 0 radical (unpaired) electrons. The summed E-state index contributed by atoms with van der Waals surface area (Å²) in [6, 6.07) is 24.3. The second kappa shape index (κ2) is 11.3. The molecule has 4 aromatic rings. The molecule has 0 aromatic heterocycles. The Kier molecular flexibility index (Phi) is 7.40. The molecule has 1 saturated carbocycles. The lowest BCUT2D eigenvalue weighted by atomic mass is 9.70. The topological polar surface area (TPSA) is 118 Å². The lowest BCUT2D eigenvalue weighted by Crippen LogP contribution is -2.46. The van der Waals surface area contributed by atoms with Crippen LogP contribution < -0.4 is 4.90 Å². The molecule has 4 aromatic carbocycles. The van der Waals surface area contributed by atoms with E-state index in [2.05, 4.69) is 39.8 Å². The van der Waals surface area contributed by atoms with Gasteiger partial charge >= 0.3 is 11.9 Å². The summed E-state index contributed by atoms with van der Waals surface area (Å²) >= 11 is 0. The summed E-state index contributed by atoms with van der Waals surface area (Å²) in [6.07, 6.45) is 2.35. The summed E-state index contributed by atoms with van der Waals surface area (Å²) in [5.74, 6) is -2.84. The van der Waals surface area contributed by atoms with Gasteiger partial charge in [-0.3, -0.25) is 14.4 Å². The molecule has 244 valence electrons. The largest absolute Gasteiger partial charge is 0.481 e. The molecule has 7 rings (SSSR count). The predicted octanol–water partition coefficient (Wildman–Crippen LogP) is 6.49. The Bertz CT molecular complexity index is 2150. The van der Waals surface area contributed by atoms with Crippen molar-refractivity contribution in [1.29, 1.82) is 0 Å². The third-order valence-electron chi connectivity index (χ3n) is 10.5. The van der Waals surface area contributed by atoms with E-state index < -0.39 is 34.8 Å². The third-order valence-corrected chi connectivity index (χ3v) is 10.5. The highest BCUT2D eigenvalue weighted by atomic mass is 16.4. The van der Waals surface area contributed by atoms with Gasteiger partial charge in [-0.05, 0) is 53.1 Å². The normalized spacial score (nSPS) is 22.4. The minimum atomic E-state index is -1.08. The fraction of sp³-hybridized carbons (Fsp3) is 0.300. The Morgan fingerprint density at radius 2 is 1.42 bits per heavy atom. The quantitative estimate of drug-likeness (QED) is 0.149. The molecule has 8 heteroatoms. The van der Waals surface area contributed by atoms with Crippen LogP contribution in [-0.2, 0) is 25.2 Å². The number of Topliss-reactive ketones (excluding diaryl/α,β-unsaturated/α-hetero) is 1. The highest BCUT2D eigenvalue weighted by Crippen LogP contribution is 2.52. The number of carboxylic acid groups (broad SMARTS) is 2. The number of aliphatic hydroxyl groups excluding tert-OH is 1. The maximum atomic E-state index is 14.0. The molecule has 3 aliphatic rings. The number of anilines is 1. The Morgan fingerprint density at radius 1 is 0.812 bits per heavy atom. The van der Waals surface area contributed by atoms with Crippen molar-refractivity contribution in [3.05, 3.63) is 107 Å². The highest BCUT2D eigenvalue weighted by molar-refractivity contribution is 6.15. The first-order chi connectivity index (χ1) is 22.8. The van der Waals surface area contributed by atoms with E-state index in [1.807, 2.05) is 76.2 Å². The second-order valence-corrected chi connectivity index (χ2v) is 14.1. The molecule has 48 heavy (non-hydrogen) atoms. The van der Waals surface area contributed by atoms with E-state index in [9.17, 15) is 29.7 Å². The van der Waals surface area contributed by atoms with Crippen LogP contribution in [0.1, 0.15) is 51.7 Å². The van der Waals surface area contributed by atoms with Crippen molar-refractivity contribution >= 4 is 56.4 Å². The summed E-state index contributed by atoms with van der Waals surface area (Å²) in [6.45, 7) is 8.75. The van der Waals surface area contributed by atoms with Crippen molar-refractivity contribution in [3.8, 4) is 0 Å². The third kappa shape index (κ3) is 4.77. The number of aliphatic carboxylic acids is 2. The Hall–Kier alpha value is -5.08. The lowest BCUT2D eigenvalue weighted by Gasteiger charge is -2.35. The molecule has 0 bridgehead atoms. The van der Waals surface area contributed by atoms with E-state index in [0.29, 0.717) is 0 Å². The standard InChI is InChI=1S/C40H38N2O6/c1-39(2)31(41(19-17-33(43)44)29-15-13-23-9-5-7-11-25(23)35(29)39)21-27-37(47)28(38(27)48)22-32-40(3,4)36-26-12-8-6-10-24(26)14-16-30(36)42(32)20-18-34(45)46/h5-16,21-22,27,37,47H,17-20H2,1-4H3,(H-,43,44,45,46)/p+1. The number of nitrogens with zero attached hydrogens (tertiary/aromatic N) is 2. The SMILES string of the molecule is CC1(C)C(=CC2C(=O)C(=CC3=[N+](CCC(=O)O)c4ccc5ccccc5c4C3(C)C)C2O)N(CCC(=O)O)c2ccc3ccccc3c21. The van der Waals surface area contributed by atoms with Gasteiger partial charge in [-0.15, -0.1) is 0 Å². The molecule has 2 unspecified atom stereocenters. The van der Waals surface area contributed by atoms with Crippen molar-refractivity contribution in [2.75, 3.05) is 18.0 Å². The molecular weight excluding hydrogens is 604 g/mol. The number of hydrogen-bond acceptors (Lipinski definition) is 5. The van der Waals surface area contributed by atoms with Gasteiger partial charge in [0.15, 0.2) is 18.0 Å². The second-order valence-electron chi connectivity index (χ2n) is 14.1. The van der Waals surface area contributed by atoms with E-state index in [-0.39, 0.29) is 37.3 Å². The zero-order valence-electron chi connectivity index (χ0n) is 27.5. The maximum Gasteiger partial charge on any atom is 0.309 e. The fourth-order valence-electron chi connectivity index (χ4n) is 8.15. The number of carbonyl (C=O) groups excluding carboxylic acids is 1. The van der Waals surface area contributed by atoms with Crippen LogP contribution in [0, 0.1) is 5.92 Å². The van der Waals surface area contributed by atoms with Crippen LogP contribution in [0.2, 0.25) is 0 Å². The van der Waals surface area contributed by atoms with Gasteiger partial charge in [0.05, 0.1) is 23.9 Å². The van der Waals surface area contributed by atoms with Crippen LogP contribution in [0.25, 0.3) is 21.5 Å². The number of rotatable bonds is 8. The molecular formula is C40H39N2O6+. The van der Waals surface area contributed by atoms with Gasteiger partial charge in [0.25, 0.3) is 0 Å². The monoisotopic (exact) mass is 643 g/mol. The van der Waals surface area contributed by atoms with Crippen molar-refractivity contribution in [3.63, 3.8) is 0 Å². The van der Waals surface area contributed by atoms with Crippen LogP contribution in [0.4, 0.5) is 11.4 Å². The fourth-order valence-corrected chi connectivity index (χ4v) is 8.15. The Labute approximate surface area is 278 Å². The molecule has 0 amide bonds. The van der Waals surface area contributed by atoms with Crippen LogP contribution in [0.3, 0.4) is 0 Å². The molecule has 1 aliphatic carbocycles. The van der Waals surface area contributed by atoms with Crippen LogP contribution in [-0.4, -0.2) is 62.5 Å². The Morgan fingerprint density at radius 3 is 2.04 bits per heavy atom. The van der Waals surface area contributed by atoms with Gasteiger partial charge in [0.2, 0.25) is 5.69 Å². The van der Waals surface area contributed by atoms with Crippen molar-refractivity contribution in [2.45, 2.75) is 57.5 Å². The van der Waals surface area contributed by atoms with E-state index in [1.54, 1.807) is 6.08 Å². The molecule has 0 spiro atoms. The minimum absolute atomic E-state index is 0.0825. The minimum Gasteiger partial charge on any atom is -0.481 e. The number of allylic oxidation sites excluding steroid dienone is 2. The number of ketones is 1. The summed E-state index contributed by atoms with van der Waals surface area (Å²) in [7, 11) is 0. The van der Waals surface area contributed by atoms with E-state index in [0.717, 1.165) is 55.5 Å². The number of fused-ring (bicyclic) bond motifs is 6. The average molecular weight is 644 g/mol. The summed E-state index contributed by atoms with van der Waals surface area (Å²) in [5, 5.41) is 35.0. The van der Waals surface area contributed by atoms with Crippen molar-refractivity contribution in [2.24, 2.45) is 5.92 Å². The molecule has 2 atom stereocenters.